The van der Waals surface area contributed by atoms with E-state index in [1.54, 1.807) is 36.4 Å². The maximum atomic E-state index is 13.5. The second-order valence-corrected chi connectivity index (χ2v) is 13.3. The zero-order valence-corrected chi connectivity index (χ0v) is 30.8. The van der Waals surface area contributed by atoms with Gasteiger partial charge < -0.3 is 18.9 Å². The molecule has 7 nitrogen and oxygen atoms in total. The first-order valence-electron chi connectivity index (χ1n) is 17.8. The number of carbonyl (C=O) groups is 3. The van der Waals surface area contributed by atoms with Crippen molar-refractivity contribution in [3.05, 3.63) is 179 Å². The van der Waals surface area contributed by atoms with Crippen LogP contribution in [-0.4, -0.2) is 32.3 Å². The second-order valence-electron chi connectivity index (χ2n) is 13.3. The molecule has 2 unspecified atom stereocenters. The lowest BCUT2D eigenvalue weighted by molar-refractivity contribution is 0.0591. The summed E-state index contributed by atoms with van der Waals surface area (Å²) >= 11 is 0. The Kier molecular flexibility index (Phi) is 12.0. The number of carbonyl (C=O) groups excluding carboxylic acids is 3. The SMILES string of the molecule is COC(=O)c1ccc(OC(=O)Oc2ccc(C(=O)OC)cc2C(C)Cc2ccc(-c3ccccc3)cc2)c(C(C)Cc2ccc(-c3ccccc3)cc2)c1. The van der Waals surface area contributed by atoms with Crippen LogP contribution in [0.15, 0.2) is 146 Å². The number of methoxy groups -OCH3 is 2. The number of hydrogen-bond acceptors (Lipinski definition) is 7. The van der Waals surface area contributed by atoms with Crippen LogP contribution in [0.5, 0.6) is 11.5 Å². The van der Waals surface area contributed by atoms with Gasteiger partial charge in [-0.1, -0.05) is 123 Å². The third-order valence-corrected chi connectivity index (χ3v) is 9.52. The van der Waals surface area contributed by atoms with E-state index in [0.717, 1.165) is 33.4 Å². The van der Waals surface area contributed by atoms with Crippen LogP contribution < -0.4 is 9.47 Å². The van der Waals surface area contributed by atoms with Gasteiger partial charge in [0.15, 0.2) is 0 Å². The number of ether oxygens (including phenoxy) is 4. The number of esters is 2. The van der Waals surface area contributed by atoms with Crippen LogP contribution >= 0.6 is 0 Å². The topological polar surface area (TPSA) is 88.1 Å². The summed E-state index contributed by atoms with van der Waals surface area (Å²) in [5.41, 5.74) is 8.62. The molecule has 0 spiro atoms. The second kappa shape index (κ2) is 17.4. The van der Waals surface area contributed by atoms with Gasteiger partial charge in [0, 0.05) is 0 Å². The molecular weight excluding hydrogens is 677 g/mol. The third kappa shape index (κ3) is 9.11. The van der Waals surface area contributed by atoms with E-state index >= 15 is 0 Å². The van der Waals surface area contributed by atoms with Gasteiger partial charge in [-0.2, -0.15) is 0 Å². The summed E-state index contributed by atoms with van der Waals surface area (Å²) in [6, 6.07) is 46.6. The fourth-order valence-electron chi connectivity index (χ4n) is 6.60. The van der Waals surface area contributed by atoms with Crippen LogP contribution in [0.3, 0.4) is 0 Å². The van der Waals surface area contributed by atoms with Crippen LogP contribution in [0.1, 0.15) is 68.7 Å². The van der Waals surface area contributed by atoms with Gasteiger partial charge in [0.05, 0.1) is 25.3 Å². The van der Waals surface area contributed by atoms with E-state index in [0.29, 0.717) is 35.1 Å². The Balaban J connectivity index is 1.22. The molecule has 0 radical (unpaired) electrons. The first-order valence-corrected chi connectivity index (χ1v) is 17.8. The summed E-state index contributed by atoms with van der Waals surface area (Å²) in [4.78, 5) is 38.5. The average molecular weight is 719 g/mol. The molecule has 0 amide bonds. The van der Waals surface area contributed by atoms with Gasteiger partial charge in [-0.15, -0.1) is 0 Å². The Labute approximate surface area is 316 Å². The summed E-state index contributed by atoms with van der Waals surface area (Å²) in [7, 11) is 2.65. The van der Waals surface area contributed by atoms with Crippen molar-refractivity contribution in [3.8, 4) is 33.8 Å². The molecule has 2 atom stereocenters. The fourth-order valence-corrected chi connectivity index (χ4v) is 6.60. The Morgan fingerprint density at radius 1 is 0.463 bits per heavy atom. The molecule has 0 aliphatic rings. The molecule has 7 heteroatoms. The smallest absolute Gasteiger partial charge is 0.465 e. The Morgan fingerprint density at radius 3 is 1.17 bits per heavy atom. The van der Waals surface area contributed by atoms with Gasteiger partial charge in [-0.3, -0.25) is 0 Å². The van der Waals surface area contributed by atoms with E-state index in [4.69, 9.17) is 18.9 Å². The standard InChI is InChI=1S/C47H42O7/c1-31(27-33-15-19-37(20-16-33)35-11-7-5-8-12-35)41-29-39(45(48)51-3)23-25-43(41)53-47(50)54-44-26-24-40(46(49)52-4)30-42(44)32(2)28-34-17-21-38(22-18-34)36-13-9-6-10-14-36/h5-26,29-32H,27-28H2,1-4H3. The fraction of sp³-hybridized carbons (Fsp3) is 0.170. The average Bonchev–Trinajstić information content (AvgIpc) is 3.21. The van der Waals surface area contributed by atoms with Crippen LogP contribution in [0.2, 0.25) is 0 Å². The molecule has 6 aromatic rings. The number of hydrogen-bond donors (Lipinski definition) is 0. The highest BCUT2D eigenvalue weighted by Crippen LogP contribution is 2.34. The first kappa shape index (κ1) is 37.3. The van der Waals surface area contributed by atoms with E-state index in [1.165, 1.54) is 14.2 Å². The van der Waals surface area contributed by atoms with Crippen LogP contribution in [-0.2, 0) is 22.3 Å². The lowest BCUT2D eigenvalue weighted by Gasteiger charge is -2.19. The molecule has 6 rings (SSSR count). The van der Waals surface area contributed by atoms with Crippen LogP contribution in [0.4, 0.5) is 4.79 Å². The zero-order valence-electron chi connectivity index (χ0n) is 30.8. The molecular formula is C47H42O7. The predicted octanol–water partition coefficient (Wildman–Crippen LogP) is 10.9. The largest absolute Gasteiger partial charge is 0.519 e. The van der Waals surface area contributed by atoms with Crippen molar-refractivity contribution >= 4 is 18.1 Å². The molecule has 0 N–H and O–H groups in total. The minimum absolute atomic E-state index is 0.150. The Hall–Kier alpha value is -6.47. The highest BCUT2D eigenvalue weighted by Gasteiger charge is 2.23. The lowest BCUT2D eigenvalue weighted by Crippen LogP contribution is -2.18. The van der Waals surface area contributed by atoms with E-state index < -0.39 is 18.1 Å². The number of benzene rings is 6. The van der Waals surface area contributed by atoms with E-state index in [9.17, 15) is 14.4 Å². The quantitative estimate of drug-likeness (QED) is 0.0919. The Morgan fingerprint density at radius 2 is 0.815 bits per heavy atom. The van der Waals surface area contributed by atoms with Crippen molar-refractivity contribution in [2.75, 3.05) is 14.2 Å². The minimum atomic E-state index is -0.951. The van der Waals surface area contributed by atoms with Gasteiger partial charge in [0.2, 0.25) is 0 Å². The van der Waals surface area contributed by atoms with E-state index in [-0.39, 0.29) is 23.3 Å². The van der Waals surface area contributed by atoms with E-state index in [1.807, 2.05) is 50.2 Å². The van der Waals surface area contributed by atoms with Crippen LogP contribution in [0, 0.1) is 0 Å². The molecule has 54 heavy (non-hydrogen) atoms. The molecule has 0 saturated carbocycles. The van der Waals surface area contributed by atoms with Crippen molar-refractivity contribution in [2.45, 2.75) is 38.5 Å². The molecule has 0 aliphatic heterocycles. The molecule has 0 aliphatic carbocycles. The molecule has 0 bridgehead atoms. The van der Waals surface area contributed by atoms with Crippen molar-refractivity contribution < 1.29 is 33.3 Å². The van der Waals surface area contributed by atoms with Gasteiger partial charge >= 0.3 is 18.1 Å². The van der Waals surface area contributed by atoms with Crippen molar-refractivity contribution in [1.29, 1.82) is 0 Å². The molecule has 272 valence electrons. The molecule has 6 aromatic carbocycles. The summed E-state index contributed by atoms with van der Waals surface area (Å²) in [5.74, 6) is -0.764. The molecule has 0 saturated heterocycles. The van der Waals surface area contributed by atoms with Gasteiger partial charge in [-0.05, 0) is 106 Å². The number of rotatable bonds is 12. The van der Waals surface area contributed by atoms with Crippen molar-refractivity contribution in [2.24, 2.45) is 0 Å². The summed E-state index contributed by atoms with van der Waals surface area (Å²) in [5, 5.41) is 0. The Bertz CT molecular complexity index is 2050. The highest BCUT2D eigenvalue weighted by molar-refractivity contribution is 5.90. The van der Waals surface area contributed by atoms with Crippen molar-refractivity contribution in [1.82, 2.24) is 0 Å². The maximum absolute atomic E-state index is 13.5. The van der Waals surface area contributed by atoms with Gasteiger partial charge in [0.25, 0.3) is 0 Å². The zero-order chi connectivity index (χ0) is 38.0. The predicted molar refractivity (Wildman–Crippen MR) is 210 cm³/mol. The van der Waals surface area contributed by atoms with Crippen LogP contribution in [0.25, 0.3) is 22.3 Å². The molecule has 0 aromatic heterocycles. The third-order valence-electron chi connectivity index (χ3n) is 9.52. The summed E-state index contributed by atoms with van der Waals surface area (Å²) in [6.07, 6.45) is 0.287. The maximum Gasteiger partial charge on any atom is 0.519 e. The highest BCUT2D eigenvalue weighted by atomic mass is 16.7. The van der Waals surface area contributed by atoms with Crippen molar-refractivity contribution in [3.63, 3.8) is 0 Å². The normalized spacial score (nSPS) is 11.9. The molecule has 0 fully saturated rings. The molecule has 0 heterocycles. The first-order chi connectivity index (χ1) is 26.2. The van der Waals surface area contributed by atoms with Gasteiger partial charge in [0.1, 0.15) is 11.5 Å². The minimum Gasteiger partial charge on any atom is -0.465 e. The van der Waals surface area contributed by atoms with E-state index in [2.05, 4.69) is 72.8 Å². The summed E-state index contributed by atoms with van der Waals surface area (Å²) in [6.45, 7) is 4.02. The summed E-state index contributed by atoms with van der Waals surface area (Å²) < 4.78 is 21.7. The van der Waals surface area contributed by atoms with Gasteiger partial charge in [-0.25, -0.2) is 14.4 Å². The monoisotopic (exact) mass is 718 g/mol. The lowest BCUT2D eigenvalue weighted by atomic mass is 9.91.